The van der Waals surface area contributed by atoms with Crippen LogP contribution in [0.2, 0.25) is 0 Å². The second-order valence-electron chi connectivity index (χ2n) is 5.92. The van der Waals surface area contributed by atoms with Gasteiger partial charge < -0.3 is 5.32 Å². The Bertz CT molecular complexity index is 527. The van der Waals surface area contributed by atoms with Crippen molar-refractivity contribution in [1.82, 2.24) is 10.2 Å². The Morgan fingerprint density at radius 1 is 1.00 bits per heavy atom. The van der Waals surface area contributed by atoms with Crippen LogP contribution in [-0.4, -0.2) is 15.7 Å². The molecular formula is C15H21N3. The van der Waals surface area contributed by atoms with Gasteiger partial charge in [-0.1, -0.05) is 17.2 Å². The van der Waals surface area contributed by atoms with Crippen molar-refractivity contribution in [1.29, 1.82) is 0 Å². The third-order valence-corrected chi connectivity index (χ3v) is 2.61. The van der Waals surface area contributed by atoms with Crippen LogP contribution in [0.1, 0.15) is 31.9 Å². The van der Waals surface area contributed by atoms with E-state index in [1.165, 1.54) is 16.7 Å². The van der Waals surface area contributed by atoms with Crippen molar-refractivity contribution in [3.05, 3.63) is 35.4 Å². The van der Waals surface area contributed by atoms with Gasteiger partial charge >= 0.3 is 0 Å². The lowest BCUT2D eigenvalue weighted by Crippen LogP contribution is -2.26. The summed E-state index contributed by atoms with van der Waals surface area (Å²) in [6.07, 6.45) is 0. The van der Waals surface area contributed by atoms with E-state index in [1.54, 1.807) is 0 Å². The number of nitrogens with one attached hydrogen (secondary N) is 2. The fourth-order valence-electron chi connectivity index (χ4n) is 2.05. The van der Waals surface area contributed by atoms with E-state index in [2.05, 4.69) is 74.4 Å². The van der Waals surface area contributed by atoms with Gasteiger partial charge in [0.25, 0.3) is 0 Å². The number of aromatic nitrogens is 2. The molecule has 96 valence electrons. The molecule has 1 heterocycles. The molecule has 1 aromatic carbocycles. The standard InChI is InChI=1S/C15H21N3/c1-10-6-11(2)8-12(7-10)13-9-14(18-17-13)16-15(3,4)5/h6-9H,1-5H3,(H2,16,17,18). The van der Waals surface area contributed by atoms with Crippen LogP contribution in [0.5, 0.6) is 0 Å². The van der Waals surface area contributed by atoms with Crippen LogP contribution in [0.25, 0.3) is 11.3 Å². The average molecular weight is 243 g/mol. The molecule has 2 aromatic rings. The largest absolute Gasteiger partial charge is 0.364 e. The van der Waals surface area contributed by atoms with Gasteiger partial charge in [-0.3, -0.25) is 5.10 Å². The molecule has 3 nitrogen and oxygen atoms in total. The lowest BCUT2D eigenvalue weighted by molar-refractivity contribution is 0.630. The number of aromatic amines is 1. The smallest absolute Gasteiger partial charge is 0.148 e. The molecule has 0 spiro atoms. The van der Waals surface area contributed by atoms with Gasteiger partial charge in [0.05, 0.1) is 5.69 Å². The molecule has 1 aromatic heterocycles. The lowest BCUT2D eigenvalue weighted by Gasteiger charge is -2.19. The number of H-pyrrole nitrogens is 1. The number of hydrogen-bond donors (Lipinski definition) is 2. The minimum atomic E-state index is 0.0228. The maximum atomic E-state index is 4.30. The second kappa shape index (κ2) is 4.48. The summed E-state index contributed by atoms with van der Waals surface area (Å²) >= 11 is 0. The predicted octanol–water partition coefficient (Wildman–Crippen LogP) is 3.90. The van der Waals surface area contributed by atoms with E-state index in [1.807, 2.05) is 0 Å². The number of anilines is 1. The number of benzene rings is 1. The highest BCUT2D eigenvalue weighted by atomic mass is 15.2. The van der Waals surface area contributed by atoms with E-state index < -0.39 is 0 Å². The van der Waals surface area contributed by atoms with Gasteiger partial charge in [0.1, 0.15) is 5.82 Å². The molecule has 0 aliphatic rings. The van der Waals surface area contributed by atoms with E-state index in [4.69, 9.17) is 0 Å². The summed E-state index contributed by atoms with van der Waals surface area (Å²) in [5.41, 5.74) is 4.79. The van der Waals surface area contributed by atoms with E-state index in [9.17, 15) is 0 Å². The zero-order chi connectivity index (χ0) is 13.3. The van der Waals surface area contributed by atoms with Crippen molar-refractivity contribution in [2.45, 2.75) is 40.2 Å². The quantitative estimate of drug-likeness (QED) is 0.839. The molecular weight excluding hydrogens is 222 g/mol. The van der Waals surface area contributed by atoms with Crippen LogP contribution >= 0.6 is 0 Å². The first-order valence-corrected chi connectivity index (χ1v) is 6.26. The first kappa shape index (κ1) is 12.7. The second-order valence-corrected chi connectivity index (χ2v) is 5.92. The summed E-state index contributed by atoms with van der Waals surface area (Å²) < 4.78 is 0. The molecule has 0 saturated heterocycles. The van der Waals surface area contributed by atoms with Gasteiger partial charge in [-0.25, -0.2) is 0 Å². The SMILES string of the molecule is Cc1cc(C)cc(-c2cc(NC(C)(C)C)n[nH]2)c1. The van der Waals surface area contributed by atoms with Crippen LogP contribution in [0.3, 0.4) is 0 Å². The van der Waals surface area contributed by atoms with Crippen LogP contribution in [0.15, 0.2) is 24.3 Å². The molecule has 0 atom stereocenters. The number of rotatable bonds is 2. The predicted molar refractivity (Wildman–Crippen MR) is 76.9 cm³/mol. The van der Waals surface area contributed by atoms with Crippen LogP contribution in [0, 0.1) is 13.8 Å². The Morgan fingerprint density at radius 2 is 1.61 bits per heavy atom. The van der Waals surface area contributed by atoms with Crippen LogP contribution in [-0.2, 0) is 0 Å². The van der Waals surface area contributed by atoms with E-state index in [0.717, 1.165) is 11.5 Å². The number of aryl methyl sites for hydroxylation is 2. The first-order chi connectivity index (χ1) is 8.33. The van der Waals surface area contributed by atoms with Gasteiger partial charge in [-0.15, -0.1) is 0 Å². The van der Waals surface area contributed by atoms with Crippen molar-refractivity contribution < 1.29 is 0 Å². The third-order valence-electron chi connectivity index (χ3n) is 2.61. The van der Waals surface area contributed by atoms with Gasteiger partial charge in [-0.2, -0.15) is 5.10 Å². The highest BCUT2D eigenvalue weighted by Gasteiger charge is 2.12. The Kier molecular flexibility index (Phi) is 3.16. The normalized spacial score (nSPS) is 11.6. The van der Waals surface area contributed by atoms with E-state index >= 15 is 0 Å². The van der Waals surface area contributed by atoms with Gasteiger partial charge in [-0.05, 0) is 46.8 Å². The molecule has 3 heteroatoms. The van der Waals surface area contributed by atoms with Crippen LogP contribution in [0.4, 0.5) is 5.82 Å². The van der Waals surface area contributed by atoms with Crippen molar-refractivity contribution in [2.75, 3.05) is 5.32 Å². The highest BCUT2D eigenvalue weighted by Crippen LogP contribution is 2.23. The molecule has 0 unspecified atom stereocenters. The maximum absolute atomic E-state index is 4.30. The van der Waals surface area contributed by atoms with Gasteiger partial charge in [0.2, 0.25) is 0 Å². The van der Waals surface area contributed by atoms with Crippen molar-refractivity contribution >= 4 is 5.82 Å². The number of nitrogens with zero attached hydrogens (tertiary/aromatic N) is 1. The summed E-state index contributed by atoms with van der Waals surface area (Å²) in [6.45, 7) is 10.6. The topological polar surface area (TPSA) is 40.7 Å². The van der Waals surface area contributed by atoms with Crippen molar-refractivity contribution in [2.24, 2.45) is 0 Å². The molecule has 0 bridgehead atoms. The molecule has 0 amide bonds. The minimum absolute atomic E-state index is 0.0228. The van der Waals surface area contributed by atoms with Crippen molar-refractivity contribution in [3.63, 3.8) is 0 Å². The average Bonchev–Trinajstić information content (AvgIpc) is 2.61. The fourth-order valence-corrected chi connectivity index (χ4v) is 2.05. The Hall–Kier alpha value is -1.77. The summed E-state index contributed by atoms with van der Waals surface area (Å²) in [5, 5.41) is 10.7. The molecule has 0 fully saturated rings. The molecule has 2 rings (SSSR count). The molecule has 0 saturated carbocycles. The lowest BCUT2D eigenvalue weighted by atomic mass is 10.1. The Labute approximate surface area is 109 Å². The third kappa shape index (κ3) is 3.13. The summed E-state index contributed by atoms with van der Waals surface area (Å²) in [5.74, 6) is 0.886. The van der Waals surface area contributed by atoms with E-state index in [0.29, 0.717) is 0 Å². The number of hydrogen-bond acceptors (Lipinski definition) is 2. The summed E-state index contributed by atoms with van der Waals surface area (Å²) in [7, 11) is 0. The zero-order valence-corrected chi connectivity index (χ0v) is 11.8. The highest BCUT2D eigenvalue weighted by molar-refractivity contribution is 5.64. The zero-order valence-electron chi connectivity index (χ0n) is 11.8. The molecule has 0 aliphatic heterocycles. The van der Waals surface area contributed by atoms with Crippen LogP contribution < -0.4 is 5.32 Å². The molecule has 2 N–H and O–H groups in total. The molecule has 0 radical (unpaired) electrons. The monoisotopic (exact) mass is 243 g/mol. The van der Waals surface area contributed by atoms with Crippen molar-refractivity contribution in [3.8, 4) is 11.3 Å². The minimum Gasteiger partial charge on any atom is -0.364 e. The Balaban J connectivity index is 2.29. The molecule has 0 aliphatic carbocycles. The fraction of sp³-hybridized carbons (Fsp3) is 0.400. The summed E-state index contributed by atoms with van der Waals surface area (Å²) in [6, 6.07) is 8.57. The molecule has 18 heavy (non-hydrogen) atoms. The van der Waals surface area contributed by atoms with Gasteiger partial charge in [0.15, 0.2) is 0 Å². The maximum Gasteiger partial charge on any atom is 0.148 e. The van der Waals surface area contributed by atoms with E-state index in [-0.39, 0.29) is 5.54 Å². The van der Waals surface area contributed by atoms with Gasteiger partial charge in [0, 0.05) is 17.2 Å². The summed E-state index contributed by atoms with van der Waals surface area (Å²) in [4.78, 5) is 0. The first-order valence-electron chi connectivity index (χ1n) is 6.26. The Morgan fingerprint density at radius 3 is 2.17 bits per heavy atom.